The van der Waals surface area contributed by atoms with Gasteiger partial charge in [-0.05, 0) is 37.6 Å². The fraction of sp³-hybridized carbons (Fsp3) is 0.471. The van der Waals surface area contributed by atoms with Crippen LogP contribution in [0, 0.1) is 12.7 Å². The quantitative estimate of drug-likeness (QED) is 0.870. The normalized spacial score (nSPS) is 18.8. The van der Waals surface area contributed by atoms with Gasteiger partial charge in [-0.2, -0.15) is 0 Å². The number of hydrogen-bond donors (Lipinski definition) is 0. The van der Waals surface area contributed by atoms with Gasteiger partial charge in [0.25, 0.3) is 0 Å². The zero-order valence-corrected chi connectivity index (χ0v) is 13.3. The van der Waals surface area contributed by atoms with Gasteiger partial charge < -0.3 is 9.30 Å². The number of hydrogen-bond acceptors (Lipinski definition) is 3. The molecule has 0 bridgehead atoms. The van der Waals surface area contributed by atoms with Crippen LogP contribution in [0.5, 0.6) is 5.75 Å². The molecule has 0 spiro atoms. The lowest BCUT2D eigenvalue weighted by Gasteiger charge is -2.16. The molecule has 1 unspecified atom stereocenters. The predicted molar refractivity (Wildman–Crippen MR) is 83.5 cm³/mol. The Bertz CT molecular complexity index is 668. The summed E-state index contributed by atoms with van der Waals surface area (Å²) in [5.74, 6) is 1.64. The smallest absolute Gasteiger partial charge is 0.165 e. The van der Waals surface area contributed by atoms with E-state index < -0.39 is 0 Å². The van der Waals surface area contributed by atoms with E-state index in [1.165, 1.54) is 13.2 Å². The Hall–Kier alpha value is -1.88. The fourth-order valence-electron chi connectivity index (χ4n) is 3.26. The number of ether oxygens (including phenoxy) is 1. The maximum atomic E-state index is 13.5. The van der Waals surface area contributed by atoms with Crippen molar-refractivity contribution in [1.29, 1.82) is 0 Å². The Labute approximate surface area is 130 Å². The van der Waals surface area contributed by atoms with Crippen LogP contribution >= 0.6 is 0 Å². The van der Waals surface area contributed by atoms with Gasteiger partial charge in [-0.25, -0.2) is 9.37 Å². The van der Waals surface area contributed by atoms with Gasteiger partial charge >= 0.3 is 0 Å². The van der Waals surface area contributed by atoms with Crippen molar-refractivity contribution in [2.45, 2.75) is 25.8 Å². The molecule has 1 fully saturated rings. The SMILES string of the molecule is COc1cc(CN2CCC(c3nc(C)cn3C)C2)ccc1F. The van der Waals surface area contributed by atoms with E-state index in [1.54, 1.807) is 6.07 Å². The van der Waals surface area contributed by atoms with E-state index in [-0.39, 0.29) is 5.82 Å². The molecule has 22 heavy (non-hydrogen) atoms. The van der Waals surface area contributed by atoms with Crippen LogP contribution in [0.1, 0.15) is 29.4 Å². The molecule has 4 nitrogen and oxygen atoms in total. The minimum atomic E-state index is -0.311. The lowest BCUT2D eigenvalue weighted by molar-refractivity contribution is 0.323. The lowest BCUT2D eigenvalue weighted by Crippen LogP contribution is -2.20. The first-order chi connectivity index (χ1) is 10.6. The average Bonchev–Trinajstić information content (AvgIpc) is 3.07. The first-order valence-corrected chi connectivity index (χ1v) is 7.61. The summed E-state index contributed by atoms with van der Waals surface area (Å²) >= 11 is 0. The number of halogens is 1. The topological polar surface area (TPSA) is 30.3 Å². The molecule has 1 aliphatic rings. The highest BCUT2D eigenvalue weighted by molar-refractivity contribution is 5.30. The van der Waals surface area contributed by atoms with E-state index in [4.69, 9.17) is 4.74 Å². The minimum absolute atomic E-state index is 0.311. The number of benzene rings is 1. The Morgan fingerprint density at radius 3 is 2.91 bits per heavy atom. The van der Waals surface area contributed by atoms with Crippen molar-refractivity contribution < 1.29 is 9.13 Å². The van der Waals surface area contributed by atoms with Crippen LogP contribution in [0.4, 0.5) is 4.39 Å². The van der Waals surface area contributed by atoms with Crippen molar-refractivity contribution in [2.75, 3.05) is 20.2 Å². The number of likely N-dealkylation sites (tertiary alicyclic amines) is 1. The van der Waals surface area contributed by atoms with E-state index in [0.717, 1.165) is 43.1 Å². The molecule has 0 saturated carbocycles. The van der Waals surface area contributed by atoms with Gasteiger partial charge in [0.15, 0.2) is 11.6 Å². The van der Waals surface area contributed by atoms with E-state index in [0.29, 0.717) is 11.7 Å². The monoisotopic (exact) mass is 303 g/mol. The number of imidazole rings is 1. The number of methoxy groups -OCH3 is 1. The molecule has 1 saturated heterocycles. The second-order valence-electron chi connectivity index (χ2n) is 6.04. The molecule has 118 valence electrons. The Kier molecular flexibility index (Phi) is 4.16. The largest absolute Gasteiger partial charge is 0.494 e. The standard InChI is InChI=1S/C17H22FN3O/c1-12-9-20(2)17(19-12)14-6-7-21(11-14)10-13-4-5-15(18)16(8-13)22-3/h4-5,8-9,14H,6-7,10-11H2,1-3H3. The molecular weight excluding hydrogens is 281 g/mol. The summed E-state index contributed by atoms with van der Waals surface area (Å²) < 4.78 is 20.6. The molecule has 0 aliphatic carbocycles. The highest BCUT2D eigenvalue weighted by Crippen LogP contribution is 2.28. The molecule has 0 radical (unpaired) electrons. The lowest BCUT2D eigenvalue weighted by atomic mass is 10.1. The summed E-state index contributed by atoms with van der Waals surface area (Å²) in [4.78, 5) is 7.03. The first kappa shape index (κ1) is 15.0. The van der Waals surface area contributed by atoms with E-state index in [1.807, 2.05) is 13.0 Å². The van der Waals surface area contributed by atoms with Crippen molar-refractivity contribution in [1.82, 2.24) is 14.5 Å². The van der Waals surface area contributed by atoms with Crippen LogP contribution in [-0.2, 0) is 13.6 Å². The second kappa shape index (κ2) is 6.08. The van der Waals surface area contributed by atoms with E-state index in [9.17, 15) is 4.39 Å². The molecular formula is C17H22FN3O. The fourth-order valence-corrected chi connectivity index (χ4v) is 3.26. The summed E-state index contributed by atoms with van der Waals surface area (Å²) in [6.45, 7) is 4.87. The highest BCUT2D eigenvalue weighted by Gasteiger charge is 2.27. The summed E-state index contributed by atoms with van der Waals surface area (Å²) in [5.41, 5.74) is 2.15. The van der Waals surface area contributed by atoms with Crippen molar-refractivity contribution in [3.8, 4) is 5.75 Å². The maximum absolute atomic E-state index is 13.5. The number of aryl methyl sites for hydroxylation is 2. The van der Waals surface area contributed by atoms with Gasteiger partial charge in [0, 0.05) is 32.3 Å². The maximum Gasteiger partial charge on any atom is 0.165 e. The zero-order chi connectivity index (χ0) is 15.7. The third kappa shape index (κ3) is 2.99. The van der Waals surface area contributed by atoms with Crippen molar-refractivity contribution >= 4 is 0 Å². The molecule has 1 aliphatic heterocycles. The predicted octanol–water partition coefficient (Wildman–Crippen LogP) is 2.87. The van der Waals surface area contributed by atoms with Crippen LogP contribution in [0.3, 0.4) is 0 Å². The Balaban J connectivity index is 1.67. The Morgan fingerprint density at radius 1 is 1.41 bits per heavy atom. The number of aromatic nitrogens is 2. The van der Waals surface area contributed by atoms with Gasteiger partial charge in [-0.3, -0.25) is 4.90 Å². The van der Waals surface area contributed by atoms with Crippen LogP contribution < -0.4 is 4.74 Å². The van der Waals surface area contributed by atoms with Gasteiger partial charge in [-0.15, -0.1) is 0 Å². The molecule has 1 aromatic carbocycles. The molecule has 2 aromatic rings. The second-order valence-corrected chi connectivity index (χ2v) is 6.04. The van der Waals surface area contributed by atoms with Crippen LogP contribution in [0.25, 0.3) is 0 Å². The number of nitrogens with zero attached hydrogens (tertiary/aromatic N) is 3. The van der Waals surface area contributed by atoms with Crippen LogP contribution in [-0.4, -0.2) is 34.7 Å². The number of rotatable bonds is 4. The first-order valence-electron chi connectivity index (χ1n) is 7.61. The van der Waals surface area contributed by atoms with E-state index >= 15 is 0 Å². The van der Waals surface area contributed by atoms with Crippen molar-refractivity contribution in [2.24, 2.45) is 7.05 Å². The van der Waals surface area contributed by atoms with Crippen molar-refractivity contribution in [3.63, 3.8) is 0 Å². The van der Waals surface area contributed by atoms with Gasteiger partial charge in [0.2, 0.25) is 0 Å². The van der Waals surface area contributed by atoms with Gasteiger partial charge in [-0.1, -0.05) is 6.07 Å². The molecule has 1 atom stereocenters. The van der Waals surface area contributed by atoms with Crippen molar-refractivity contribution in [3.05, 3.63) is 47.3 Å². The molecule has 5 heteroatoms. The summed E-state index contributed by atoms with van der Waals surface area (Å²) in [7, 11) is 3.56. The van der Waals surface area contributed by atoms with E-state index in [2.05, 4.69) is 27.7 Å². The summed E-state index contributed by atoms with van der Waals surface area (Å²) in [6.07, 6.45) is 3.19. The molecule has 0 N–H and O–H groups in total. The summed E-state index contributed by atoms with van der Waals surface area (Å²) in [6, 6.07) is 5.09. The third-order valence-corrected chi connectivity index (χ3v) is 4.29. The molecule has 3 rings (SSSR count). The molecule has 0 amide bonds. The van der Waals surface area contributed by atoms with Crippen LogP contribution in [0.2, 0.25) is 0 Å². The molecule has 1 aromatic heterocycles. The van der Waals surface area contributed by atoms with Crippen LogP contribution in [0.15, 0.2) is 24.4 Å². The minimum Gasteiger partial charge on any atom is -0.494 e. The van der Waals surface area contributed by atoms with Gasteiger partial charge in [0.05, 0.1) is 12.8 Å². The zero-order valence-electron chi connectivity index (χ0n) is 13.3. The average molecular weight is 303 g/mol. The third-order valence-electron chi connectivity index (χ3n) is 4.29. The van der Waals surface area contributed by atoms with Gasteiger partial charge in [0.1, 0.15) is 5.82 Å². The highest BCUT2D eigenvalue weighted by atomic mass is 19.1. The molecule has 2 heterocycles. The Morgan fingerprint density at radius 2 is 2.23 bits per heavy atom. The summed E-state index contributed by atoms with van der Waals surface area (Å²) in [5, 5.41) is 0.